The first-order chi connectivity index (χ1) is 9.17. The van der Waals surface area contributed by atoms with Crippen LogP contribution in [0.15, 0.2) is 12.1 Å². The van der Waals surface area contributed by atoms with Gasteiger partial charge in [0.05, 0.1) is 17.1 Å². The third-order valence-electron chi connectivity index (χ3n) is 3.04. The van der Waals surface area contributed by atoms with Crippen molar-refractivity contribution in [3.05, 3.63) is 17.7 Å². The van der Waals surface area contributed by atoms with Gasteiger partial charge in [0.25, 0.3) is 0 Å². The van der Waals surface area contributed by atoms with E-state index in [1.165, 1.54) is 4.90 Å². The Kier molecular flexibility index (Phi) is 3.81. The standard InChI is InChI=1S/C11H14F3N3O2S/c12-11(13,14)8-6-9(15)16-10(7-8)17-2-1-4-20(18,19)5-3-17/h6-7H,1-5H2,(H2,15,16). The van der Waals surface area contributed by atoms with Crippen LogP contribution in [0.3, 0.4) is 0 Å². The molecule has 5 nitrogen and oxygen atoms in total. The SMILES string of the molecule is Nc1cc(C(F)(F)F)cc(N2CCCS(=O)(=O)CC2)n1. The Labute approximate surface area is 114 Å². The molecule has 1 aliphatic rings. The normalized spacial score (nSPS) is 19.6. The molecule has 20 heavy (non-hydrogen) atoms. The molecule has 2 heterocycles. The highest BCUT2D eigenvalue weighted by Gasteiger charge is 2.32. The average Bonchev–Trinajstić information content (AvgIpc) is 2.48. The maximum atomic E-state index is 12.7. The van der Waals surface area contributed by atoms with Gasteiger partial charge in [-0.3, -0.25) is 0 Å². The summed E-state index contributed by atoms with van der Waals surface area (Å²) in [7, 11) is -3.13. The van der Waals surface area contributed by atoms with Crippen molar-refractivity contribution in [2.24, 2.45) is 0 Å². The first-order valence-electron chi connectivity index (χ1n) is 5.97. The molecule has 1 aromatic rings. The Morgan fingerprint density at radius 2 is 1.90 bits per heavy atom. The van der Waals surface area contributed by atoms with Crippen LogP contribution in [-0.2, 0) is 16.0 Å². The van der Waals surface area contributed by atoms with Crippen molar-refractivity contribution in [1.82, 2.24) is 4.98 Å². The number of sulfone groups is 1. The van der Waals surface area contributed by atoms with Crippen LogP contribution in [0.5, 0.6) is 0 Å². The molecule has 0 unspecified atom stereocenters. The van der Waals surface area contributed by atoms with Gasteiger partial charge in [0, 0.05) is 13.1 Å². The largest absolute Gasteiger partial charge is 0.416 e. The van der Waals surface area contributed by atoms with Gasteiger partial charge in [-0.25, -0.2) is 13.4 Å². The fourth-order valence-electron chi connectivity index (χ4n) is 2.03. The molecule has 0 aliphatic carbocycles. The Morgan fingerprint density at radius 3 is 2.55 bits per heavy atom. The van der Waals surface area contributed by atoms with Crippen LogP contribution in [0.4, 0.5) is 24.8 Å². The maximum Gasteiger partial charge on any atom is 0.416 e. The first-order valence-corrected chi connectivity index (χ1v) is 7.80. The van der Waals surface area contributed by atoms with E-state index in [1.807, 2.05) is 0 Å². The van der Waals surface area contributed by atoms with Crippen LogP contribution in [0.25, 0.3) is 0 Å². The maximum absolute atomic E-state index is 12.7. The van der Waals surface area contributed by atoms with E-state index >= 15 is 0 Å². The molecule has 0 saturated carbocycles. The summed E-state index contributed by atoms with van der Waals surface area (Å²) in [4.78, 5) is 5.39. The van der Waals surface area contributed by atoms with Crippen molar-refractivity contribution < 1.29 is 21.6 Å². The third-order valence-corrected chi connectivity index (χ3v) is 4.75. The zero-order chi connectivity index (χ0) is 15.0. The Morgan fingerprint density at radius 1 is 1.20 bits per heavy atom. The number of rotatable bonds is 1. The fourth-order valence-corrected chi connectivity index (χ4v) is 3.30. The highest BCUT2D eigenvalue weighted by atomic mass is 32.2. The van der Waals surface area contributed by atoms with E-state index in [4.69, 9.17) is 5.73 Å². The topological polar surface area (TPSA) is 76.3 Å². The Balaban J connectivity index is 2.31. The summed E-state index contributed by atoms with van der Waals surface area (Å²) >= 11 is 0. The lowest BCUT2D eigenvalue weighted by atomic mass is 10.2. The van der Waals surface area contributed by atoms with Crippen LogP contribution in [-0.4, -0.2) is 38.0 Å². The molecule has 0 spiro atoms. The van der Waals surface area contributed by atoms with Crippen molar-refractivity contribution in [1.29, 1.82) is 0 Å². The van der Waals surface area contributed by atoms with E-state index in [0.29, 0.717) is 13.0 Å². The number of alkyl halides is 3. The van der Waals surface area contributed by atoms with Crippen molar-refractivity contribution in [3.8, 4) is 0 Å². The summed E-state index contributed by atoms with van der Waals surface area (Å²) in [6.07, 6.45) is -4.15. The minimum atomic E-state index is -4.51. The second-order valence-corrected chi connectivity index (χ2v) is 6.93. The van der Waals surface area contributed by atoms with Crippen LogP contribution in [0.1, 0.15) is 12.0 Å². The zero-order valence-electron chi connectivity index (χ0n) is 10.5. The predicted molar refractivity (Wildman–Crippen MR) is 69.1 cm³/mol. The van der Waals surface area contributed by atoms with Crippen molar-refractivity contribution >= 4 is 21.5 Å². The number of nitrogens with zero attached hydrogens (tertiary/aromatic N) is 2. The molecule has 0 bridgehead atoms. The van der Waals surface area contributed by atoms with E-state index in [0.717, 1.165) is 12.1 Å². The van der Waals surface area contributed by atoms with Gasteiger partial charge in [-0.05, 0) is 18.6 Å². The van der Waals surface area contributed by atoms with Gasteiger partial charge < -0.3 is 10.6 Å². The number of hydrogen-bond acceptors (Lipinski definition) is 5. The number of hydrogen-bond donors (Lipinski definition) is 1. The van der Waals surface area contributed by atoms with E-state index in [1.54, 1.807) is 0 Å². The van der Waals surface area contributed by atoms with Gasteiger partial charge in [0.1, 0.15) is 11.6 Å². The predicted octanol–water partition coefficient (Wildman–Crippen LogP) is 1.31. The Hall–Kier alpha value is -1.51. The number of nitrogens with two attached hydrogens (primary N) is 1. The average molecular weight is 309 g/mol. The summed E-state index contributed by atoms with van der Waals surface area (Å²) in [5.41, 5.74) is 4.52. The van der Waals surface area contributed by atoms with Crippen LogP contribution < -0.4 is 10.6 Å². The molecule has 2 N–H and O–H groups in total. The number of pyridine rings is 1. The molecule has 0 amide bonds. The summed E-state index contributed by atoms with van der Waals surface area (Å²) in [6, 6.07) is 1.66. The zero-order valence-corrected chi connectivity index (χ0v) is 11.3. The molecule has 1 aliphatic heterocycles. The van der Waals surface area contributed by atoms with Gasteiger partial charge in [-0.2, -0.15) is 13.2 Å². The summed E-state index contributed by atoms with van der Waals surface area (Å²) < 4.78 is 61.1. The van der Waals surface area contributed by atoms with Gasteiger partial charge >= 0.3 is 6.18 Å². The number of aromatic nitrogens is 1. The molecule has 1 saturated heterocycles. The molecule has 1 aromatic heterocycles. The number of nitrogen functional groups attached to an aromatic ring is 1. The third kappa shape index (κ3) is 3.53. The minimum absolute atomic E-state index is 0.0396. The molecule has 0 aromatic carbocycles. The van der Waals surface area contributed by atoms with Crippen LogP contribution in [0, 0.1) is 0 Å². The molecule has 0 radical (unpaired) electrons. The molecule has 0 atom stereocenters. The van der Waals surface area contributed by atoms with Crippen molar-refractivity contribution in [2.75, 3.05) is 35.2 Å². The van der Waals surface area contributed by atoms with E-state index in [2.05, 4.69) is 4.98 Å². The highest BCUT2D eigenvalue weighted by molar-refractivity contribution is 7.91. The minimum Gasteiger partial charge on any atom is -0.384 e. The van der Waals surface area contributed by atoms with Gasteiger partial charge in [-0.1, -0.05) is 0 Å². The quantitative estimate of drug-likeness (QED) is 0.846. The molecule has 1 fully saturated rings. The van der Waals surface area contributed by atoms with E-state index in [9.17, 15) is 21.6 Å². The fraction of sp³-hybridized carbons (Fsp3) is 0.545. The highest BCUT2D eigenvalue weighted by Crippen LogP contribution is 2.32. The van der Waals surface area contributed by atoms with E-state index < -0.39 is 21.6 Å². The molecule has 9 heteroatoms. The molecular formula is C11H14F3N3O2S. The summed E-state index contributed by atoms with van der Waals surface area (Å²) in [5.74, 6) is -0.223. The summed E-state index contributed by atoms with van der Waals surface area (Å²) in [5, 5.41) is 0. The molecular weight excluding hydrogens is 295 g/mol. The lowest BCUT2D eigenvalue weighted by Crippen LogP contribution is -2.28. The second-order valence-electron chi connectivity index (χ2n) is 4.63. The van der Waals surface area contributed by atoms with Crippen molar-refractivity contribution in [3.63, 3.8) is 0 Å². The lowest BCUT2D eigenvalue weighted by molar-refractivity contribution is -0.137. The monoisotopic (exact) mass is 309 g/mol. The van der Waals surface area contributed by atoms with E-state index in [-0.39, 0.29) is 29.7 Å². The van der Waals surface area contributed by atoms with Gasteiger partial charge in [0.15, 0.2) is 9.84 Å². The molecule has 2 rings (SSSR count). The molecule has 112 valence electrons. The lowest BCUT2D eigenvalue weighted by Gasteiger charge is -2.22. The Bertz CT molecular complexity index is 601. The number of halogens is 3. The first kappa shape index (κ1) is 14.9. The van der Waals surface area contributed by atoms with Crippen molar-refractivity contribution in [2.45, 2.75) is 12.6 Å². The summed E-state index contributed by atoms with van der Waals surface area (Å²) in [6.45, 7) is 0.461. The smallest absolute Gasteiger partial charge is 0.384 e. The second kappa shape index (κ2) is 5.12. The van der Waals surface area contributed by atoms with Gasteiger partial charge in [-0.15, -0.1) is 0 Å². The van der Waals surface area contributed by atoms with Gasteiger partial charge in [0.2, 0.25) is 0 Å². The van der Waals surface area contributed by atoms with Crippen LogP contribution >= 0.6 is 0 Å². The van der Waals surface area contributed by atoms with Crippen LogP contribution in [0.2, 0.25) is 0 Å². The number of anilines is 2.